The monoisotopic (exact) mass is 285 g/mol. The molecule has 0 bridgehead atoms. The molecule has 114 valence electrons. The molecule has 1 fully saturated rings. The summed E-state index contributed by atoms with van der Waals surface area (Å²) in [7, 11) is 0. The van der Waals surface area contributed by atoms with Gasteiger partial charge < -0.3 is 21.5 Å². The van der Waals surface area contributed by atoms with E-state index in [9.17, 15) is 14.4 Å². The SMILES string of the molecule is CC1CCCC(CNC(=O)NC(CC(N)=O)C(=O)O)C1. The molecule has 5 N–H and O–H groups in total. The van der Waals surface area contributed by atoms with Crippen LogP contribution in [0.3, 0.4) is 0 Å². The highest BCUT2D eigenvalue weighted by Gasteiger charge is 2.23. The molecule has 1 aliphatic rings. The highest BCUT2D eigenvalue weighted by molar-refractivity contribution is 5.87. The molecule has 3 amide bonds. The molecule has 0 spiro atoms. The van der Waals surface area contributed by atoms with Gasteiger partial charge in [0.25, 0.3) is 0 Å². The van der Waals surface area contributed by atoms with E-state index in [0.29, 0.717) is 18.4 Å². The van der Waals surface area contributed by atoms with E-state index < -0.39 is 30.4 Å². The second-order valence-electron chi connectivity index (χ2n) is 5.55. The highest BCUT2D eigenvalue weighted by Crippen LogP contribution is 2.27. The fourth-order valence-corrected chi connectivity index (χ4v) is 2.59. The lowest BCUT2D eigenvalue weighted by molar-refractivity contribution is -0.140. The van der Waals surface area contributed by atoms with Crippen LogP contribution in [0.4, 0.5) is 4.79 Å². The summed E-state index contributed by atoms with van der Waals surface area (Å²) in [5.41, 5.74) is 4.94. The number of hydrogen-bond donors (Lipinski definition) is 4. The topological polar surface area (TPSA) is 122 Å². The first kappa shape index (κ1) is 16.3. The molecule has 0 aliphatic heterocycles. The van der Waals surface area contributed by atoms with E-state index in [1.807, 2.05) is 0 Å². The number of amides is 3. The molecule has 7 heteroatoms. The number of primary amides is 1. The molecular formula is C13H23N3O4. The van der Waals surface area contributed by atoms with Gasteiger partial charge in [-0.25, -0.2) is 9.59 Å². The quantitative estimate of drug-likeness (QED) is 0.565. The first-order valence-electron chi connectivity index (χ1n) is 6.94. The number of nitrogens with two attached hydrogens (primary N) is 1. The van der Waals surface area contributed by atoms with Crippen molar-refractivity contribution in [2.24, 2.45) is 17.6 Å². The maximum atomic E-state index is 11.6. The maximum absolute atomic E-state index is 11.6. The lowest BCUT2D eigenvalue weighted by atomic mass is 9.82. The van der Waals surface area contributed by atoms with Crippen molar-refractivity contribution in [3.8, 4) is 0 Å². The van der Waals surface area contributed by atoms with Crippen LogP contribution in [-0.4, -0.2) is 35.6 Å². The normalized spacial score (nSPS) is 23.6. The minimum Gasteiger partial charge on any atom is -0.480 e. The molecule has 1 saturated carbocycles. The zero-order chi connectivity index (χ0) is 15.1. The molecule has 0 saturated heterocycles. The van der Waals surface area contributed by atoms with E-state index >= 15 is 0 Å². The van der Waals surface area contributed by atoms with Gasteiger partial charge in [-0.1, -0.05) is 19.8 Å². The molecule has 0 radical (unpaired) electrons. The molecule has 7 nitrogen and oxygen atoms in total. The van der Waals surface area contributed by atoms with Crippen LogP contribution in [0, 0.1) is 11.8 Å². The van der Waals surface area contributed by atoms with E-state index in [4.69, 9.17) is 10.8 Å². The molecule has 1 rings (SSSR count). The van der Waals surface area contributed by atoms with Crippen LogP contribution in [0.1, 0.15) is 39.0 Å². The first-order valence-corrected chi connectivity index (χ1v) is 6.94. The largest absolute Gasteiger partial charge is 0.480 e. The maximum Gasteiger partial charge on any atom is 0.326 e. The van der Waals surface area contributed by atoms with Crippen LogP contribution in [0.2, 0.25) is 0 Å². The molecule has 0 aromatic carbocycles. The van der Waals surface area contributed by atoms with Crippen LogP contribution >= 0.6 is 0 Å². The Morgan fingerprint density at radius 2 is 2.05 bits per heavy atom. The Morgan fingerprint density at radius 1 is 1.35 bits per heavy atom. The van der Waals surface area contributed by atoms with Crippen LogP contribution < -0.4 is 16.4 Å². The van der Waals surface area contributed by atoms with E-state index in [1.54, 1.807) is 0 Å². The third-order valence-electron chi connectivity index (χ3n) is 3.61. The zero-order valence-electron chi connectivity index (χ0n) is 11.7. The molecule has 3 unspecified atom stereocenters. The number of nitrogens with one attached hydrogen (secondary N) is 2. The number of carboxylic acids is 1. The third kappa shape index (κ3) is 5.90. The van der Waals surface area contributed by atoms with Crippen molar-refractivity contribution >= 4 is 17.9 Å². The van der Waals surface area contributed by atoms with E-state index in [0.717, 1.165) is 19.3 Å². The Labute approximate surface area is 118 Å². The van der Waals surface area contributed by atoms with E-state index in [-0.39, 0.29) is 0 Å². The van der Waals surface area contributed by atoms with Gasteiger partial charge in [-0.2, -0.15) is 0 Å². The fourth-order valence-electron chi connectivity index (χ4n) is 2.59. The summed E-state index contributed by atoms with van der Waals surface area (Å²) in [5, 5.41) is 13.8. The number of hydrogen-bond acceptors (Lipinski definition) is 3. The summed E-state index contributed by atoms with van der Waals surface area (Å²) in [4.78, 5) is 33.2. The summed E-state index contributed by atoms with van der Waals surface area (Å²) in [6, 6.07) is -1.85. The molecule has 1 aliphatic carbocycles. The summed E-state index contributed by atoms with van der Waals surface area (Å²) < 4.78 is 0. The van der Waals surface area contributed by atoms with Crippen molar-refractivity contribution in [3.63, 3.8) is 0 Å². The van der Waals surface area contributed by atoms with Gasteiger partial charge in [0.15, 0.2) is 0 Å². The number of carbonyl (C=O) groups is 3. The smallest absolute Gasteiger partial charge is 0.326 e. The van der Waals surface area contributed by atoms with Crippen molar-refractivity contribution in [1.82, 2.24) is 10.6 Å². The molecule has 3 atom stereocenters. The van der Waals surface area contributed by atoms with Gasteiger partial charge in [-0.3, -0.25) is 4.79 Å². The van der Waals surface area contributed by atoms with Gasteiger partial charge in [0, 0.05) is 6.54 Å². The third-order valence-corrected chi connectivity index (χ3v) is 3.61. The Morgan fingerprint density at radius 3 is 2.60 bits per heavy atom. The lowest BCUT2D eigenvalue weighted by Crippen LogP contribution is -2.48. The Bertz CT molecular complexity index is 373. The van der Waals surface area contributed by atoms with Crippen LogP contribution in [0.5, 0.6) is 0 Å². The van der Waals surface area contributed by atoms with Crippen molar-refractivity contribution in [1.29, 1.82) is 0 Å². The second-order valence-corrected chi connectivity index (χ2v) is 5.55. The average Bonchev–Trinajstić information content (AvgIpc) is 2.35. The Kier molecular flexibility index (Phi) is 6.27. The van der Waals surface area contributed by atoms with Crippen molar-refractivity contribution in [2.75, 3.05) is 6.54 Å². The summed E-state index contributed by atoms with van der Waals surface area (Å²) >= 11 is 0. The van der Waals surface area contributed by atoms with Gasteiger partial charge in [0.05, 0.1) is 6.42 Å². The van der Waals surface area contributed by atoms with Crippen LogP contribution in [0.25, 0.3) is 0 Å². The van der Waals surface area contributed by atoms with Gasteiger partial charge in [-0.15, -0.1) is 0 Å². The fraction of sp³-hybridized carbons (Fsp3) is 0.769. The van der Waals surface area contributed by atoms with E-state index in [1.165, 1.54) is 6.42 Å². The van der Waals surface area contributed by atoms with Crippen LogP contribution in [-0.2, 0) is 9.59 Å². The standard InChI is InChI=1S/C13H23N3O4/c1-8-3-2-4-9(5-8)7-15-13(20)16-10(12(18)19)6-11(14)17/h8-10H,2-7H2,1H3,(H2,14,17)(H,18,19)(H2,15,16,20). The van der Waals surface area contributed by atoms with Gasteiger partial charge in [-0.05, 0) is 24.7 Å². The van der Waals surface area contributed by atoms with Crippen molar-refractivity contribution < 1.29 is 19.5 Å². The number of rotatable bonds is 6. The minimum atomic E-state index is -1.28. The molecule has 20 heavy (non-hydrogen) atoms. The summed E-state index contributed by atoms with van der Waals surface area (Å²) in [6.07, 6.45) is 4.12. The predicted octanol–water partition coefficient (Wildman–Crippen LogP) is 0.441. The average molecular weight is 285 g/mol. The Balaban J connectivity index is 2.34. The van der Waals surface area contributed by atoms with Crippen molar-refractivity contribution in [3.05, 3.63) is 0 Å². The highest BCUT2D eigenvalue weighted by atomic mass is 16.4. The summed E-state index contributed by atoms with van der Waals surface area (Å²) in [5.74, 6) is -0.937. The molecule has 0 heterocycles. The summed E-state index contributed by atoms with van der Waals surface area (Å²) in [6.45, 7) is 2.72. The number of carboxylic acid groups (broad SMARTS) is 1. The first-order chi connectivity index (χ1) is 9.38. The minimum absolute atomic E-state index is 0.413. The lowest BCUT2D eigenvalue weighted by Gasteiger charge is -2.27. The molecular weight excluding hydrogens is 262 g/mol. The molecule has 0 aromatic heterocycles. The van der Waals surface area contributed by atoms with Gasteiger partial charge >= 0.3 is 12.0 Å². The zero-order valence-corrected chi connectivity index (χ0v) is 11.7. The number of urea groups is 1. The van der Waals surface area contributed by atoms with Gasteiger partial charge in [0.1, 0.15) is 6.04 Å². The van der Waals surface area contributed by atoms with Gasteiger partial charge in [0.2, 0.25) is 5.91 Å². The van der Waals surface area contributed by atoms with E-state index in [2.05, 4.69) is 17.6 Å². The van der Waals surface area contributed by atoms with Crippen LogP contribution in [0.15, 0.2) is 0 Å². The van der Waals surface area contributed by atoms with Crippen molar-refractivity contribution in [2.45, 2.75) is 45.1 Å². The predicted molar refractivity (Wildman–Crippen MR) is 72.9 cm³/mol. The second kappa shape index (κ2) is 7.72. The molecule has 0 aromatic rings. The number of aliphatic carboxylic acids is 1. The Hall–Kier alpha value is -1.79. The number of carbonyl (C=O) groups excluding carboxylic acids is 2.